The molecule has 0 saturated carbocycles. The fourth-order valence-corrected chi connectivity index (χ4v) is 4.23. The number of hydrogen-bond acceptors (Lipinski definition) is 4. The monoisotopic (exact) mass is 415 g/mol. The third-order valence-corrected chi connectivity index (χ3v) is 5.78. The van der Waals surface area contributed by atoms with Gasteiger partial charge in [-0.2, -0.15) is 5.10 Å². The molecule has 0 aliphatic heterocycles. The second-order valence-corrected chi connectivity index (χ2v) is 7.84. The number of esters is 1. The Morgan fingerprint density at radius 2 is 1.94 bits per heavy atom. The molecule has 0 bridgehead atoms. The SMILES string of the molecule is CCOC(=O)CCCCc1c(C)nn2c(CC)ccc2c1-c1cnc2ccccc2c1. The number of carbonyl (C=O) groups is 1. The molecule has 5 heteroatoms. The Morgan fingerprint density at radius 3 is 2.74 bits per heavy atom. The Bertz CT molecular complexity index is 1230. The molecular formula is C26H29N3O2. The highest BCUT2D eigenvalue weighted by Gasteiger charge is 2.17. The van der Waals surface area contributed by atoms with Gasteiger partial charge < -0.3 is 4.74 Å². The maximum Gasteiger partial charge on any atom is 0.305 e. The van der Waals surface area contributed by atoms with Crippen molar-refractivity contribution in [3.63, 3.8) is 0 Å². The molecular weight excluding hydrogens is 386 g/mol. The first kappa shape index (κ1) is 21.0. The molecule has 0 N–H and O–H groups in total. The van der Waals surface area contributed by atoms with Gasteiger partial charge in [0, 0.05) is 34.8 Å². The largest absolute Gasteiger partial charge is 0.466 e. The van der Waals surface area contributed by atoms with Gasteiger partial charge in [-0.3, -0.25) is 9.78 Å². The minimum atomic E-state index is -0.120. The van der Waals surface area contributed by atoms with Crippen LogP contribution >= 0.6 is 0 Å². The molecule has 1 aromatic carbocycles. The predicted octanol–water partition coefficient (Wildman–Crippen LogP) is 5.70. The fourth-order valence-electron chi connectivity index (χ4n) is 4.23. The lowest BCUT2D eigenvalue weighted by molar-refractivity contribution is -0.143. The summed E-state index contributed by atoms with van der Waals surface area (Å²) in [4.78, 5) is 16.4. The van der Waals surface area contributed by atoms with Crippen LogP contribution in [0.1, 0.15) is 50.1 Å². The van der Waals surface area contributed by atoms with Crippen LogP contribution in [0.25, 0.3) is 27.5 Å². The van der Waals surface area contributed by atoms with Crippen LogP contribution in [-0.2, 0) is 22.4 Å². The molecule has 0 aliphatic rings. The summed E-state index contributed by atoms with van der Waals surface area (Å²) in [6, 6.07) is 14.7. The molecule has 4 rings (SSSR count). The number of unbranched alkanes of at least 4 members (excludes halogenated alkanes) is 1. The van der Waals surface area contributed by atoms with E-state index in [1.54, 1.807) is 0 Å². The number of para-hydroxylation sites is 1. The number of pyridine rings is 1. The van der Waals surface area contributed by atoms with Gasteiger partial charge in [0.05, 0.1) is 23.3 Å². The maximum absolute atomic E-state index is 11.7. The van der Waals surface area contributed by atoms with Gasteiger partial charge in [-0.05, 0) is 69.4 Å². The highest BCUT2D eigenvalue weighted by molar-refractivity contribution is 5.89. The maximum atomic E-state index is 11.7. The van der Waals surface area contributed by atoms with Gasteiger partial charge in [0.1, 0.15) is 0 Å². The predicted molar refractivity (Wildman–Crippen MR) is 124 cm³/mol. The van der Waals surface area contributed by atoms with Crippen molar-refractivity contribution in [1.82, 2.24) is 14.6 Å². The number of aromatic nitrogens is 3. The quantitative estimate of drug-likeness (QED) is 0.274. The van der Waals surface area contributed by atoms with Crippen LogP contribution in [0.2, 0.25) is 0 Å². The lowest BCUT2D eigenvalue weighted by Gasteiger charge is -2.16. The molecule has 0 amide bonds. The standard InChI is InChI=1S/C26H29N3O2/c1-4-21-14-15-24-26(20-16-19-10-6-8-12-23(19)27-17-20)22(18(3)28-29(21)24)11-7-9-13-25(30)31-5-2/h6,8,10,12,14-17H,4-5,7,9,11,13H2,1-3H3. The van der Waals surface area contributed by atoms with Crippen LogP contribution in [0.15, 0.2) is 48.7 Å². The van der Waals surface area contributed by atoms with Crippen molar-refractivity contribution in [3.8, 4) is 11.1 Å². The Labute approximate surface area is 183 Å². The van der Waals surface area contributed by atoms with Crippen LogP contribution in [0.4, 0.5) is 0 Å². The van der Waals surface area contributed by atoms with E-state index in [0.717, 1.165) is 53.4 Å². The van der Waals surface area contributed by atoms with Gasteiger partial charge in [0.25, 0.3) is 0 Å². The number of rotatable bonds is 8. The molecule has 31 heavy (non-hydrogen) atoms. The minimum Gasteiger partial charge on any atom is -0.466 e. The van der Waals surface area contributed by atoms with E-state index in [9.17, 15) is 4.79 Å². The average Bonchev–Trinajstić information content (AvgIpc) is 3.18. The molecule has 160 valence electrons. The zero-order valence-electron chi connectivity index (χ0n) is 18.5. The summed E-state index contributed by atoms with van der Waals surface area (Å²) < 4.78 is 7.13. The van der Waals surface area contributed by atoms with Gasteiger partial charge in [0.15, 0.2) is 0 Å². The van der Waals surface area contributed by atoms with E-state index in [-0.39, 0.29) is 5.97 Å². The van der Waals surface area contributed by atoms with E-state index < -0.39 is 0 Å². The van der Waals surface area contributed by atoms with E-state index in [1.807, 2.05) is 31.3 Å². The van der Waals surface area contributed by atoms with Crippen molar-refractivity contribution in [2.24, 2.45) is 0 Å². The van der Waals surface area contributed by atoms with Crippen molar-refractivity contribution in [2.75, 3.05) is 6.61 Å². The molecule has 3 aromatic heterocycles. The van der Waals surface area contributed by atoms with Crippen molar-refractivity contribution in [3.05, 3.63) is 65.6 Å². The summed E-state index contributed by atoms with van der Waals surface area (Å²) in [5.41, 5.74) is 7.86. The van der Waals surface area contributed by atoms with Crippen LogP contribution < -0.4 is 0 Å². The van der Waals surface area contributed by atoms with Gasteiger partial charge >= 0.3 is 5.97 Å². The smallest absolute Gasteiger partial charge is 0.305 e. The van der Waals surface area contributed by atoms with Gasteiger partial charge in [0.2, 0.25) is 0 Å². The summed E-state index contributed by atoms with van der Waals surface area (Å²) in [6.07, 6.45) is 5.93. The number of ether oxygens (including phenoxy) is 1. The molecule has 3 heterocycles. The molecule has 0 fully saturated rings. The lowest BCUT2D eigenvalue weighted by atomic mass is 9.95. The molecule has 0 atom stereocenters. The van der Waals surface area contributed by atoms with Crippen LogP contribution in [0.3, 0.4) is 0 Å². The third kappa shape index (κ3) is 4.31. The summed E-state index contributed by atoms with van der Waals surface area (Å²) in [6.45, 7) is 6.51. The van der Waals surface area contributed by atoms with Crippen LogP contribution in [0, 0.1) is 6.92 Å². The zero-order valence-corrected chi connectivity index (χ0v) is 18.5. The fraction of sp³-hybridized carbons (Fsp3) is 0.346. The number of nitrogens with zero attached hydrogens (tertiary/aromatic N) is 3. The Hall–Kier alpha value is -3.21. The molecule has 5 nitrogen and oxygen atoms in total. The zero-order chi connectivity index (χ0) is 21.8. The van der Waals surface area contributed by atoms with E-state index in [1.165, 1.54) is 16.8 Å². The number of fused-ring (bicyclic) bond motifs is 2. The summed E-state index contributed by atoms with van der Waals surface area (Å²) in [5.74, 6) is -0.120. The molecule has 0 spiro atoms. The van der Waals surface area contributed by atoms with Gasteiger partial charge in [-0.1, -0.05) is 25.1 Å². The van der Waals surface area contributed by atoms with E-state index in [2.05, 4.69) is 42.6 Å². The Kier molecular flexibility index (Phi) is 6.31. The van der Waals surface area contributed by atoms with E-state index in [4.69, 9.17) is 14.8 Å². The molecule has 0 radical (unpaired) electrons. The second kappa shape index (κ2) is 9.29. The van der Waals surface area contributed by atoms with Crippen LogP contribution in [0.5, 0.6) is 0 Å². The highest BCUT2D eigenvalue weighted by atomic mass is 16.5. The number of carbonyl (C=O) groups excluding carboxylic acids is 1. The molecule has 0 unspecified atom stereocenters. The highest BCUT2D eigenvalue weighted by Crippen LogP contribution is 2.33. The summed E-state index contributed by atoms with van der Waals surface area (Å²) in [7, 11) is 0. The van der Waals surface area contributed by atoms with Crippen LogP contribution in [-0.4, -0.2) is 27.2 Å². The number of hydrogen-bond donors (Lipinski definition) is 0. The van der Waals surface area contributed by atoms with Gasteiger partial charge in [-0.15, -0.1) is 0 Å². The number of aryl methyl sites for hydroxylation is 2. The Morgan fingerprint density at radius 1 is 1.10 bits per heavy atom. The molecule has 0 aliphatic carbocycles. The van der Waals surface area contributed by atoms with Crippen molar-refractivity contribution < 1.29 is 9.53 Å². The van der Waals surface area contributed by atoms with Crippen molar-refractivity contribution >= 4 is 22.4 Å². The van der Waals surface area contributed by atoms with Crippen molar-refractivity contribution in [2.45, 2.75) is 52.9 Å². The Balaban J connectivity index is 1.75. The minimum absolute atomic E-state index is 0.120. The first-order valence-electron chi connectivity index (χ1n) is 11.1. The lowest BCUT2D eigenvalue weighted by Crippen LogP contribution is -2.07. The number of benzene rings is 1. The molecule has 0 saturated heterocycles. The summed E-state index contributed by atoms with van der Waals surface area (Å²) in [5, 5.41) is 6.03. The normalized spacial score (nSPS) is 11.3. The van der Waals surface area contributed by atoms with E-state index in [0.29, 0.717) is 13.0 Å². The first-order valence-corrected chi connectivity index (χ1v) is 11.1. The topological polar surface area (TPSA) is 56.5 Å². The van der Waals surface area contributed by atoms with Gasteiger partial charge in [-0.25, -0.2) is 4.52 Å². The average molecular weight is 416 g/mol. The first-order chi connectivity index (χ1) is 15.1. The molecule has 4 aromatic rings. The summed E-state index contributed by atoms with van der Waals surface area (Å²) >= 11 is 0. The second-order valence-electron chi connectivity index (χ2n) is 7.84. The third-order valence-electron chi connectivity index (χ3n) is 5.78. The van der Waals surface area contributed by atoms with Crippen molar-refractivity contribution in [1.29, 1.82) is 0 Å². The van der Waals surface area contributed by atoms with E-state index >= 15 is 0 Å².